The number of ketones is 1. The molecule has 0 N–H and O–H groups in total. The monoisotopic (exact) mass is 514 g/mol. The molecule has 1 aliphatic heterocycles. The van der Waals surface area contributed by atoms with E-state index in [-0.39, 0.29) is 46.8 Å². The molecular weight excluding hydrogens is 468 g/mol. The Morgan fingerprint density at radius 1 is 1.08 bits per heavy atom. The molecule has 10 atom stereocenters. The van der Waals surface area contributed by atoms with Gasteiger partial charge in [-0.25, -0.2) is 0 Å². The highest BCUT2D eigenvalue weighted by molar-refractivity contribution is 5.87. The number of ether oxygens (including phenoxy) is 3. The van der Waals surface area contributed by atoms with Crippen LogP contribution in [0.1, 0.15) is 99.3 Å². The third-order valence-electron chi connectivity index (χ3n) is 11.5. The highest BCUT2D eigenvalue weighted by Crippen LogP contribution is 2.68. The van der Waals surface area contributed by atoms with Gasteiger partial charge in [-0.2, -0.15) is 0 Å². The molecule has 0 saturated heterocycles. The van der Waals surface area contributed by atoms with Crippen LogP contribution in [0.25, 0.3) is 0 Å². The Morgan fingerprint density at radius 3 is 2.54 bits per heavy atom. The molecule has 4 aliphatic carbocycles. The van der Waals surface area contributed by atoms with Crippen LogP contribution in [0.2, 0.25) is 0 Å². The minimum Gasteiger partial charge on any atom is -0.494 e. The molecule has 6 heteroatoms. The van der Waals surface area contributed by atoms with Gasteiger partial charge >= 0.3 is 11.9 Å². The molecule has 6 nitrogen and oxygen atoms in total. The minimum absolute atomic E-state index is 0.0406. The number of carbonyl (C=O) groups is 3. The zero-order valence-electron chi connectivity index (χ0n) is 23.6. The summed E-state index contributed by atoms with van der Waals surface area (Å²) in [5.41, 5.74) is 1.10. The van der Waals surface area contributed by atoms with Gasteiger partial charge in [-0.1, -0.05) is 20.8 Å². The molecule has 5 aliphatic rings. The number of hydrogen-bond acceptors (Lipinski definition) is 6. The van der Waals surface area contributed by atoms with Crippen molar-refractivity contribution in [3.05, 3.63) is 11.3 Å². The molecule has 206 valence electrons. The lowest BCUT2D eigenvalue weighted by molar-refractivity contribution is -0.165. The molecular formula is C31H46O6. The fourth-order valence-corrected chi connectivity index (χ4v) is 9.55. The van der Waals surface area contributed by atoms with E-state index >= 15 is 0 Å². The van der Waals surface area contributed by atoms with Crippen LogP contribution < -0.4 is 0 Å². The quantitative estimate of drug-likeness (QED) is 0.404. The second-order valence-corrected chi connectivity index (χ2v) is 13.5. The Balaban J connectivity index is 1.30. The van der Waals surface area contributed by atoms with Crippen LogP contribution in [-0.2, 0) is 28.6 Å². The first kappa shape index (κ1) is 26.7. The van der Waals surface area contributed by atoms with Crippen LogP contribution in [0, 0.1) is 46.3 Å². The van der Waals surface area contributed by atoms with Crippen molar-refractivity contribution >= 4 is 17.7 Å². The number of fused-ring (bicyclic) bond motifs is 7. The smallest absolute Gasteiger partial charge is 0.302 e. The first-order valence-corrected chi connectivity index (χ1v) is 14.6. The van der Waals surface area contributed by atoms with Crippen molar-refractivity contribution in [3.63, 3.8) is 0 Å². The lowest BCUT2D eigenvalue weighted by Crippen LogP contribution is -2.57. The van der Waals surface area contributed by atoms with E-state index in [1.54, 1.807) is 0 Å². The van der Waals surface area contributed by atoms with Crippen molar-refractivity contribution in [1.29, 1.82) is 0 Å². The number of esters is 2. The summed E-state index contributed by atoms with van der Waals surface area (Å²) >= 11 is 0. The predicted octanol–water partition coefficient (Wildman–Crippen LogP) is 6.02. The molecule has 0 aromatic heterocycles. The van der Waals surface area contributed by atoms with Gasteiger partial charge in [-0.3, -0.25) is 14.4 Å². The van der Waals surface area contributed by atoms with Gasteiger partial charge in [0.25, 0.3) is 0 Å². The van der Waals surface area contributed by atoms with Gasteiger partial charge in [0.05, 0.1) is 12.4 Å². The molecule has 37 heavy (non-hydrogen) atoms. The van der Waals surface area contributed by atoms with Crippen LogP contribution in [0.4, 0.5) is 0 Å². The van der Waals surface area contributed by atoms with E-state index in [9.17, 15) is 14.4 Å². The third-order valence-corrected chi connectivity index (χ3v) is 11.5. The summed E-state index contributed by atoms with van der Waals surface area (Å²) < 4.78 is 17.4. The molecule has 0 aromatic rings. The second kappa shape index (κ2) is 9.72. The molecule has 0 radical (unpaired) electrons. The average Bonchev–Trinajstić information content (AvgIpc) is 3.31. The highest BCUT2D eigenvalue weighted by Gasteiger charge is 2.67. The standard InChI is InChI=1S/C31H46O6/c1-17(16-35-19(3)32)7-10-26-18(2)29-27(37-26)14-25-23-9-8-21-13-22(36-20(4)33)11-12-30(21,5)24(23)15-28(34)31(25,29)6/h17,21-25,27,29H,7-16H2,1-6H3/t17?,21-,22?,23?,24?,25?,27?,29?,30-,31+/m0/s1. The summed E-state index contributed by atoms with van der Waals surface area (Å²) in [6.07, 6.45) is 8.83. The number of hydrogen-bond donors (Lipinski definition) is 0. The lowest BCUT2D eigenvalue weighted by Gasteiger charge is -2.60. The van der Waals surface area contributed by atoms with Crippen LogP contribution in [0.3, 0.4) is 0 Å². The van der Waals surface area contributed by atoms with Crippen molar-refractivity contribution in [3.8, 4) is 0 Å². The average molecular weight is 515 g/mol. The van der Waals surface area contributed by atoms with E-state index in [1.807, 2.05) is 0 Å². The number of rotatable bonds is 6. The molecule has 0 amide bonds. The van der Waals surface area contributed by atoms with E-state index in [0.29, 0.717) is 42.5 Å². The van der Waals surface area contributed by atoms with Crippen molar-refractivity contribution < 1.29 is 28.6 Å². The minimum atomic E-state index is -0.334. The molecule has 0 bridgehead atoms. The van der Waals surface area contributed by atoms with E-state index in [1.165, 1.54) is 32.3 Å². The predicted molar refractivity (Wildman–Crippen MR) is 139 cm³/mol. The molecule has 0 spiro atoms. The topological polar surface area (TPSA) is 78.9 Å². The van der Waals surface area contributed by atoms with Crippen LogP contribution in [-0.4, -0.2) is 36.5 Å². The molecule has 5 rings (SSSR count). The summed E-state index contributed by atoms with van der Waals surface area (Å²) in [4.78, 5) is 36.8. The summed E-state index contributed by atoms with van der Waals surface area (Å²) in [7, 11) is 0. The normalized spacial score (nSPS) is 43.2. The Bertz CT molecular complexity index is 984. The van der Waals surface area contributed by atoms with E-state index < -0.39 is 0 Å². The SMILES string of the molecule is CC(=O)OCC(C)CCC1=C(C)C2C(CC3C4CC[C@H]5CC(OC(C)=O)CC[C@]5(C)C4CC(=O)[C@@]32C)O1. The zero-order chi connectivity index (χ0) is 26.7. The van der Waals surface area contributed by atoms with Crippen molar-refractivity contribution in [1.82, 2.24) is 0 Å². The summed E-state index contributed by atoms with van der Waals surface area (Å²) in [6.45, 7) is 12.4. The van der Waals surface area contributed by atoms with Gasteiger partial charge in [0.2, 0.25) is 0 Å². The van der Waals surface area contributed by atoms with Gasteiger partial charge in [-0.15, -0.1) is 0 Å². The molecule has 1 heterocycles. The molecule has 4 fully saturated rings. The summed E-state index contributed by atoms with van der Waals surface area (Å²) in [5.74, 6) is 3.49. The maximum atomic E-state index is 14.1. The summed E-state index contributed by atoms with van der Waals surface area (Å²) in [5, 5.41) is 0. The molecule has 4 saturated carbocycles. The van der Waals surface area contributed by atoms with E-state index in [4.69, 9.17) is 14.2 Å². The van der Waals surface area contributed by atoms with Crippen LogP contribution in [0.5, 0.6) is 0 Å². The fourth-order valence-electron chi connectivity index (χ4n) is 9.55. The van der Waals surface area contributed by atoms with Crippen LogP contribution in [0.15, 0.2) is 11.3 Å². The molecule has 0 aromatic carbocycles. The van der Waals surface area contributed by atoms with Gasteiger partial charge < -0.3 is 14.2 Å². The Hall–Kier alpha value is -1.85. The van der Waals surface area contributed by atoms with Crippen molar-refractivity contribution in [2.75, 3.05) is 6.61 Å². The first-order valence-electron chi connectivity index (χ1n) is 14.6. The third kappa shape index (κ3) is 4.44. The number of Topliss-reactive ketones (excluding diaryl/α,β-unsaturated/α-hetero) is 1. The zero-order valence-corrected chi connectivity index (χ0v) is 23.6. The Morgan fingerprint density at radius 2 is 1.84 bits per heavy atom. The lowest BCUT2D eigenvalue weighted by atomic mass is 9.44. The van der Waals surface area contributed by atoms with Gasteiger partial charge in [-0.05, 0) is 92.4 Å². The Kier molecular flexibility index (Phi) is 7.02. The van der Waals surface area contributed by atoms with E-state index in [0.717, 1.165) is 44.3 Å². The maximum absolute atomic E-state index is 14.1. The summed E-state index contributed by atoms with van der Waals surface area (Å²) in [6, 6.07) is 0. The maximum Gasteiger partial charge on any atom is 0.302 e. The van der Waals surface area contributed by atoms with Gasteiger partial charge in [0.15, 0.2) is 0 Å². The highest BCUT2D eigenvalue weighted by atomic mass is 16.5. The van der Waals surface area contributed by atoms with Gasteiger partial charge in [0, 0.05) is 38.0 Å². The Labute approximate surface area is 222 Å². The fraction of sp³-hybridized carbons (Fsp3) is 0.839. The van der Waals surface area contributed by atoms with Crippen molar-refractivity contribution in [2.45, 2.75) is 112 Å². The van der Waals surface area contributed by atoms with Gasteiger partial charge in [0.1, 0.15) is 18.0 Å². The number of allylic oxidation sites excluding steroid dienone is 1. The van der Waals surface area contributed by atoms with Crippen LogP contribution >= 0.6 is 0 Å². The second-order valence-electron chi connectivity index (χ2n) is 13.5. The number of carbonyl (C=O) groups excluding carboxylic acids is 3. The van der Waals surface area contributed by atoms with E-state index in [2.05, 4.69) is 27.7 Å². The largest absolute Gasteiger partial charge is 0.494 e. The molecule has 7 unspecified atom stereocenters. The van der Waals surface area contributed by atoms with Crippen molar-refractivity contribution in [2.24, 2.45) is 46.3 Å². The first-order chi connectivity index (χ1) is 17.4.